The summed E-state index contributed by atoms with van der Waals surface area (Å²) < 4.78 is 14.2. The summed E-state index contributed by atoms with van der Waals surface area (Å²) in [6.07, 6.45) is 2.45. The molecule has 1 unspecified atom stereocenters. The molecule has 4 heteroatoms. The Labute approximate surface area is 121 Å². The number of nitrogens with zero attached hydrogens (tertiary/aromatic N) is 2. The van der Waals surface area contributed by atoms with Gasteiger partial charge in [-0.3, -0.25) is 4.90 Å². The Morgan fingerprint density at radius 1 is 1.50 bits per heavy atom. The van der Waals surface area contributed by atoms with E-state index in [0.717, 1.165) is 18.7 Å². The highest BCUT2D eigenvalue weighted by atomic mass is 19.1. The molecule has 1 heterocycles. The van der Waals surface area contributed by atoms with E-state index in [2.05, 4.69) is 11.8 Å². The third-order valence-electron chi connectivity index (χ3n) is 4.30. The van der Waals surface area contributed by atoms with Crippen molar-refractivity contribution in [3.63, 3.8) is 0 Å². The first-order valence-corrected chi connectivity index (χ1v) is 7.53. The summed E-state index contributed by atoms with van der Waals surface area (Å²) in [5.41, 5.74) is 7.30. The van der Waals surface area contributed by atoms with Crippen LogP contribution in [-0.4, -0.2) is 37.6 Å². The van der Waals surface area contributed by atoms with Crippen LogP contribution in [0.3, 0.4) is 0 Å². The van der Waals surface area contributed by atoms with Crippen LogP contribution in [0.25, 0.3) is 0 Å². The summed E-state index contributed by atoms with van der Waals surface area (Å²) in [5, 5.41) is 0. The molecule has 1 aliphatic rings. The molecule has 20 heavy (non-hydrogen) atoms. The fraction of sp³-hybridized carbons (Fsp3) is 0.625. The maximum Gasteiger partial charge on any atom is 0.146 e. The van der Waals surface area contributed by atoms with Crippen LogP contribution in [0.15, 0.2) is 18.2 Å². The highest BCUT2D eigenvalue weighted by Gasteiger charge is 2.24. The SMILES string of the molecule is CCN1CCCC1CN(C)c1ccc([C@H](C)N)cc1F. The minimum atomic E-state index is -0.177. The highest BCUT2D eigenvalue weighted by molar-refractivity contribution is 5.49. The molecule has 1 fully saturated rings. The smallest absolute Gasteiger partial charge is 0.146 e. The lowest BCUT2D eigenvalue weighted by molar-refractivity contribution is 0.270. The lowest BCUT2D eigenvalue weighted by Gasteiger charge is -2.29. The molecule has 112 valence electrons. The van der Waals surface area contributed by atoms with E-state index in [4.69, 9.17) is 5.73 Å². The van der Waals surface area contributed by atoms with Gasteiger partial charge < -0.3 is 10.6 Å². The van der Waals surface area contributed by atoms with Crippen molar-refractivity contribution in [1.29, 1.82) is 0 Å². The Kier molecular flexibility index (Phi) is 5.00. The molecule has 0 bridgehead atoms. The van der Waals surface area contributed by atoms with Crippen molar-refractivity contribution in [3.05, 3.63) is 29.6 Å². The minimum absolute atomic E-state index is 0.130. The van der Waals surface area contributed by atoms with Gasteiger partial charge in [-0.05, 0) is 50.6 Å². The standard InChI is InChI=1S/C16H26FN3/c1-4-20-9-5-6-14(20)11-19(3)16-8-7-13(12(2)18)10-15(16)17/h7-8,10,12,14H,4-6,9,11,18H2,1-3H3/t12-,14?/m0/s1. The molecule has 2 rings (SSSR count). The first kappa shape index (κ1) is 15.3. The molecule has 1 saturated heterocycles. The Morgan fingerprint density at radius 3 is 2.85 bits per heavy atom. The van der Waals surface area contributed by atoms with E-state index in [9.17, 15) is 4.39 Å². The van der Waals surface area contributed by atoms with E-state index < -0.39 is 0 Å². The van der Waals surface area contributed by atoms with Crippen molar-refractivity contribution in [2.24, 2.45) is 5.73 Å². The Hall–Kier alpha value is -1.13. The van der Waals surface area contributed by atoms with Crippen molar-refractivity contribution >= 4 is 5.69 Å². The van der Waals surface area contributed by atoms with Crippen LogP contribution in [-0.2, 0) is 0 Å². The van der Waals surface area contributed by atoms with E-state index in [0.29, 0.717) is 11.7 Å². The van der Waals surface area contributed by atoms with Gasteiger partial charge in [-0.25, -0.2) is 4.39 Å². The van der Waals surface area contributed by atoms with Gasteiger partial charge in [0.1, 0.15) is 5.82 Å². The predicted molar refractivity (Wildman–Crippen MR) is 82.5 cm³/mol. The largest absolute Gasteiger partial charge is 0.371 e. The Morgan fingerprint density at radius 2 is 2.25 bits per heavy atom. The van der Waals surface area contributed by atoms with E-state index >= 15 is 0 Å². The van der Waals surface area contributed by atoms with Gasteiger partial charge in [0.2, 0.25) is 0 Å². The lowest BCUT2D eigenvalue weighted by atomic mass is 10.1. The number of benzene rings is 1. The first-order chi connectivity index (χ1) is 9.52. The van der Waals surface area contributed by atoms with E-state index in [1.165, 1.54) is 19.4 Å². The molecule has 0 aromatic heterocycles. The average Bonchev–Trinajstić information content (AvgIpc) is 2.85. The van der Waals surface area contributed by atoms with Gasteiger partial charge in [0, 0.05) is 25.7 Å². The molecule has 0 saturated carbocycles. The van der Waals surface area contributed by atoms with Crippen LogP contribution < -0.4 is 10.6 Å². The van der Waals surface area contributed by atoms with Crippen molar-refractivity contribution in [2.45, 2.75) is 38.8 Å². The van der Waals surface area contributed by atoms with Gasteiger partial charge in [0.05, 0.1) is 5.69 Å². The van der Waals surface area contributed by atoms with Crippen LogP contribution in [0.2, 0.25) is 0 Å². The summed E-state index contributed by atoms with van der Waals surface area (Å²) in [5.74, 6) is -0.177. The topological polar surface area (TPSA) is 32.5 Å². The molecule has 0 aliphatic carbocycles. The molecular weight excluding hydrogens is 253 g/mol. The highest BCUT2D eigenvalue weighted by Crippen LogP contribution is 2.24. The van der Waals surface area contributed by atoms with Gasteiger partial charge in [-0.1, -0.05) is 13.0 Å². The number of hydrogen-bond donors (Lipinski definition) is 1. The maximum atomic E-state index is 14.2. The Bertz CT molecular complexity index is 447. The van der Waals surface area contributed by atoms with Gasteiger partial charge in [-0.2, -0.15) is 0 Å². The molecule has 3 nitrogen and oxygen atoms in total. The summed E-state index contributed by atoms with van der Waals surface area (Å²) in [6.45, 7) is 7.18. The number of halogens is 1. The van der Waals surface area contributed by atoms with Crippen molar-refractivity contribution in [2.75, 3.05) is 31.6 Å². The molecule has 2 N–H and O–H groups in total. The molecule has 1 aromatic carbocycles. The normalized spacial score (nSPS) is 21.1. The molecule has 0 amide bonds. The van der Waals surface area contributed by atoms with E-state index in [1.54, 1.807) is 6.07 Å². The number of anilines is 1. The van der Waals surface area contributed by atoms with Crippen LogP contribution in [0, 0.1) is 5.82 Å². The maximum absolute atomic E-state index is 14.2. The van der Waals surface area contributed by atoms with Crippen molar-refractivity contribution in [1.82, 2.24) is 4.90 Å². The third-order valence-corrected chi connectivity index (χ3v) is 4.30. The number of nitrogens with two attached hydrogens (primary N) is 1. The fourth-order valence-corrected chi connectivity index (χ4v) is 3.05. The van der Waals surface area contributed by atoms with Crippen LogP contribution in [0.1, 0.15) is 38.3 Å². The number of hydrogen-bond acceptors (Lipinski definition) is 3. The summed E-state index contributed by atoms with van der Waals surface area (Å²) >= 11 is 0. The summed E-state index contributed by atoms with van der Waals surface area (Å²) in [4.78, 5) is 4.50. The van der Waals surface area contributed by atoms with E-state index in [-0.39, 0.29) is 11.9 Å². The first-order valence-electron chi connectivity index (χ1n) is 7.53. The average molecular weight is 279 g/mol. The van der Waals surface area contributed by atoms with Crippen molar-refractivity contribution in [3.8, 4) is 0 Å². The third kappa shape index (κ3) is 3.30. The molecule has 1 aliphatic heterocycles. The van der Waals surface area contributed by atoms with Crippen molar-refractivity contribution < 1.29 is 4.39 Å². The number of rotatable bonds is 5. The monoisotopic (exact) mass is 279 g/mol. The zero-order chi connectivity index (χ0) is 14.7. The van der Waals surface area contributed by atoms with Gasteiger partial charge in [0.25, 0.3) is 0 Å². The second-order valence-electron chi connectivity index (χ2n) is 5.80. The molecule has 2 atom stereocenters. The molecule has 0 spiro atoms. The van der Waals surface area contributed by atoms with Gasteiger partial charge >= 0.3 is 0 Å². The second kappa shape index (κ2) is 6.55. The zero-order valence-electron chi connectivity index (χ0n) is 12.8. The quantitative estimate of drug-likeness (QED) is 0.899. The lowest BCUT2D eigenvalue weighted by Crippen LogP contribution is -2.39. The zero-order valence-corrected chi connectivity index (χ0v) is 12.8. The van der Waals surface area contributed by atoms with Gasteiger partial charge in [0.15, 0.2) is 0 Å². The predicted octanol–water partition coefficient (Wildman–Crippen LogP) is 2.77. The molecular formula is C16H26FN3. The van der Waals surface area contributed by atoms with Crippen LogP contribution >= 0.6 is 0 Å². The van der Waals surface area contributed by atoms with Crippen LogP contribution in [0.5, 0.6) is 0 Å². The molecule has 1 aromatic rings. The molecule has 0 radical (unpaired) electrons. The fourth-order valence-electron chi connectivity index (χ4n) is 3.05. The summed E-state index contributed by atoms with van der Waals surface area (Å²) in [7, 11) is 1.97. The van der Waals surface area contributed by atoms with Crippen LogP contribution in [0.4, 0.5) is 10.1 Å². The Balaban J connectivity index is 2.07. The number of likely N-dealkylation sites (tertiary alicyclic amines) is 1. The number of likely N-dealkylation sites (N-methyl/N-ethyl adjacent to an activating group) is 2. The minimum Gasteiger partial charge on any atom is -0.371 e. The van der Waals surface area contributed by atoms with Gasteiger partial charge in [-0.15, -0.1) is 0 Å². The second-order valence-corrected chi connectivity index (χ2v) is 5.80. The summed E-state index contributed by atoms with van der Waals surface area (Å²) in [6, 6.07) is 5.74. The van der Waals surface area contributed by atoms with E-state index in [1.807, 2.05) is 31.0 Å².